The molecule has 0 aliphatic heterocycles. The van der Waals surface area contributed by atoms with Crippen LogP contribution >= 0.6 is 22.9 Å². The maximum Gasteiger partial charge on any atom is 0.351 e. The molecule has 2 heterocycles. The number of hydrogen-bond acceptors (Lipinski definition) is 8. The Balaban J connectivity index is 2.13. The first kappa shape index (κ1) is 12.7. The molecule has 2 aromatic heterocycles. The molecule has 2 aromatic rings. The molecule has 0 aromatic carbocycles. The molecule has 0 aliphatic rings. The molecule has 2 rings (SSSR count). The van der Waals surface area contributed by atoms with Gasteiger partial charge in [-0.2, -0.15) is 5.21 Å². The third-order valence-corrected chi connectivity index (χ3v) is 3.40. The summed E-state index contributed by atoms with van der Waals surface area (Å²) in [5, 5.41) is 17.1. The number of rotatable bonds is 4. The van der Waals surface area contributed by atoms with Crippen LogP contribution in [-0.2, 0) is 4.74 Å². The largest absolute Gasteiger partial charge is 0.465 e. The summed E-state index contributed by atoms with van der Waals surface area (Å²) in [6.45, 7) is 1.83. The van der Waals surface area contributed by atoms with E-state index in [1.807, 2.05) is 6.92 Å². The van der Waals surface area contributed by atoms with Gasteiger partial charge in [-0.1, -0.05) is 28.2 Å². The molecule has 0 spiro atoms. The van der Waals surface area contributed by atoms with Crippen molar-refractivity contribution in [1.82, 2.24) is 25.6 Å². The predicted molar refractivity (Wildman–Crippen MR) is 64.7 cm³/mol. The lowest BCUT2D eigenvalue weighted by atomic mass is 10.3. The lowest BCUT2D eigenvalue weighted by Gasteiger charge is -2.06. The van der Waals surface area contributed by atoms with Crippen LogP contribution in [-0.4, -0.2) is 38.7 Å². The van der Waals surface area contributed by atoms with Gasteiger partial charge in [-0.25, -0.2) is 9.78 Å². The van der Waals surface area contributed by atoms with Crippen LogP contribution in [0.3, 0.4) is 0 Å². The summed E-state index contributed by atoms with van der Waals surface area (Å²) in [6.07, 6.45) is 0. The summed E-state index contributed by atoms with van der Waals surface area (Å²) >= 11 is 6.94. The highest BCUT2D eigenvalue weighted by Gasteiger charge is 2.19. The van der Waals surface area contributed by atoms with Crippen LogP contribution in [0.4, 0.5) is 5.13 Å². The van der Waals surface area contributed by atoms with Gasteiger partial charge < -0.3 is 10.1 Å². The van der Waals surface area contributed by atoms with Crippen LogP contribution in [0.15, 0.2) is 0 Å². The number of ether oxygens (including phenoxy) is 1. The van der Waals surface area contributed by atoms with Gasteiger partial charge in [0.2, 0.25) is 0 Å². The van der Waals surface area contributed by atoms with E-state index >= 15 is 0 Å². The zero-order valence-corrected chi connectivity index (χ0v) is 11.0. The van der Waals surface area contributed by atoms with Crippen LogP contribution in [0.2, 0.25) is 5.15 Å². The number of tetrazole rings is 1. The minimum Gasteiger partial charge on any atom is -0.465 e. The van der Waals surface area contributed by atoms with Gasteiger partial charge in [0.25, 0.3) is 0 Å². The summed E-state index contributed by atoms with van der Waals surface area (Å²) in [5.41, 5.74) is 0. The van der Waals surface area contributed by atoms with Crippen molar-refractivity contribution in [2.24, 2.45) is 0 Å². The molecule has 0 amide bonds. The van der Waals surface area contributed by atoms with Gasteiger partial charge in [0, 0.05) is 0 Å². The number of carbonyl (C=O) groups is 1. The number of aromatic nitrogens is 5. The van der Waals surface area contributed by atoms with Crippen LogP contribution in [0, 0.1) is 0 Å². The Bertz CT molecular complexity index is 542. The van der Waals surface area contributed by atoms with Crippen LogP contribution in [0.5, 0.6) is 0 Å². The first-order chi connectivity index (χ1) is 8.61. The number of halogens is 1. The Hall–Kier alpha value is -1.74. The van der Waals surface area contributed by atoms with Crippen molar-refractivity contribution < 1.29 is 9.53 Å². The third kappa shape index (κ3) is 2.57. The van der Waals surface area contributed by atoms with E-state index < -0.39 is 5.97 Å². The van der Waals surface area contributed by atoms with Crippen molar-refractivity contribution >= 4 is 34.0 Å². The van der Waals surface area contributed by atoms with E-state index in [9.17, 15) is 4.79 Å². The average Bonchev–Trinajstić information content (AvgIpc) is 2.97. The van der Waals surface area contributed by atoms with E-state index in [1.54, 1.807) is 0 Å². The summed E-state index contributed by atoms with van der Waals surface area (Å²) in [4.78, 5) is 15.6. The summed E-state index contributed by atoms with van der Waals surface area (Å²) in [6, 6.07) is -0.212. The molecule has 1 unspecified atom stereocenters. The highest BCUT2D eigenvalue weighted by atomic mass is 35.5. The van der Waals surface area contributed by atoms with E-state index in [1.165, 1.54) is 7.11 Å². The van der Waals surface area contributed by atoms with Crippen molar-refractivity contribution in [2.75, 3.05) is 12.4 Å². The SMILES string of the molecule is COC(=O)c1sc(NC(C)c2nn[nH]n2)nc1Cl. The first-order valence-electron chi connectivity index (χ1n) is 4.86. The van der Waals surface area contributed by atoms with E-state index in [4.69, 9.17) is 11.6 Å². The van der Waals surface area contributed by atoms with Gasteiger partial charge >= 0.3 is 5.97 Å². The van der Waals surface area contributed by atoms with Crippen molar-refractivity contribution in [1.29, 1.82) is 0 Å². The van der Waals surface area contributed by atoms with E-state index in [-0.39, 0.29) is 16.1 Å². The van der Waals surface area contributed by atoms with Crippen molar-refractivity contribution in [3.05, 3.63) is 15.9 Å². The number of esters is 1. The molecule has 8 nitrogen and oxygen atoms in total. The molecule has 0 bridgehead atoms. The fraction of sp³-hybridized carbons (Fsp3) is 0.375. The van der Waals surface area contributed by atoms with Crippen LogP contribution in [0.1, 0.15) is 28.5 Å². The number of H-pyrrole nitrogens is 1. The molecular formula is C8H9ClN6O2S. The second kappa shape index (κ2) is 5.27. The topological polar surface area (TPSA) is 106 Å². The zero-order chi connectivity index (χ0) is 13.1. The molecular weight excluding hydrogens is 280 g/mol. The molecule has 18 heavy (non-hydrogen) atoms. The number of methoxy groups -OCH3 is 1. The smallest absolute Gasteiger partial charge is 0.351 e. The van der Waals surface area contributed by atoms with Crippen molar-refractivity contribution in [3.63, 3.8) is 0 Å². The fourth-order valence-corrected chi connectivity index (χ4v) is 2.37. The third-order valence-electron chi connectivity index (χ3n) is 2.05. The Labute approximate surface area is 111 Å². The molecule has 1 atom stereocenters. The molecule has 0 saturated carbocycles. The fourth-order valence-electron chi connectivity index (χ4n) is 1.18. The highest BCUT2D eigenvalue weighted by Crippen LogP contribution is 2.29. The van der Waals surface area contributed by atoms with Gasteiger partial charge in [-0.3, -0.25) is 0 Å². The number of nitrogens with zero attached hydrogens (tertiary/aromatic N) is 4. The van der Waals surface area contributed by atoms with Gasteiger partial charge in [-0.15, -0.1) is 10.2 Å². The lowest BCUT2D eigenvalue weighted by Crippen LogP contribution is -2.08. The molecule has 0 aliphatic carbocycles. The number of aromatic amines is 1. The quantitative estimate of drug-likeness (QED) is 0.816. The first-order valence-corrected chi connectivity index (χ1v) is 6.05. The maximum absolute atomic E-state index is 11.4. The second-order valence-electron chi connectivity index (χ2n) is 3.27. The Morgan fingerprint density at radius 2 is 2.39 bits per heavy atom. The summed E-state index contributed by atoms with van der Waals surface area (Å²) in [5.74, 6) is -0.0290. The summed E-state index contributed by atoms with van der Waals surface area (Å²) in [7, 11) is 1.29. The van der Waals surface area contributed by atoms with Gasteiger partial charge in [0.1, 0.15) is 0 Å². The molecule has 96 valence electrons. The molecule has 0 saturated heterocycles. The minimum absolute atomic E-state index is 0.106. The van der Waals surface area contributed by atoms with Crippen molar-refractivity contribution in [3.8, 4) is 0 Å². The number of thiazole rings is 1. The number of hydrogen-bond donors (Lipinski definition) is 2. The number of nitrogens with one attached hydrogen (secondary N) is 2. The van der Waals surface area contributed by atoms with Crippen molar-refractivity contribution in [2.45, 2.75) is 13.0 Å². The molecule has 10 heteroatoms. The predicted octanol–water partition coefficient (Wildman–Crippen LogP) is 1.27. The minimum atomic E-state index is -0.516. The standard InChI is InChI=1S/C8H9ClN6O2S/c1-3(6-12-14-15-13-6)10-8-11-5(9)4(18-8)7(16)17-2/h3H,1-2H3,(H,10,11)(H,12,13,14,15). The number of carbonyl (C=O) groups excluding carboxylic acids is 1. The zero-order valence-electron chi connectivity index (χ0n) is 9.47. The molecule has 0 fully saturated rings. The molecule has 2 N–H and O–H groups in total. The Morgan fingerprint density at radius 1 is 1.61 bits per heavy atom. The monoisotopic (exact) mass is 288 g/mol. The maximum atomic E-state index is 11.4. The van der Waals surface area contributed by atoms with E-state index in [0.717, 1.165) is 11.3 Å². The van der Waals surface area contributed by atoms with E-state index in [0.29, 0.717) is 11.0 Å². The van der Waals surface area contributed by atoms with Gasteiger partial charge in [-0.05, 0) is 6.92 Å². The Morgan fingerprint density at radius 3 is 3.00 bits per heavy atom. The van der Waals surface area contributed by atoms with E-state index in [2.05, 4.69) is 35.7 Å². The van der Waals surface area contributed by atoms with Crippen LogP contribution in [0.25, 0.3) is 0 Å². The summed E-state index contributed by atoms with van der Waals surface area (Å²) < 4.78 is 4.59. The molecule has 0 radical (unpaired) electrons. The van der Waals surface area contributed by atoms with Crippen LogP contribution < -0.4 is 5.32 Å². The Kier molecular flexibility index (Phi) is 3.72. The normalized spacial score (nSPS) is 12.2. The second-order valence-corrected chi connectivity index (χ2v) is 4.62. The lowest BCUT2D eigenvalue weighted by molar-refractivity contribution is 0.0606. The number of anilines is 1. The van der Waals surface area contributed by atoms with Gasteiger partial charge in [0.05, 0.1) is 13.2 Å². The average molecular weight is 289 g/mol. The van der Waals surface area contributed by atoms with Gasteiger partial charge in [0.15, 0.2) is 21.0 Å². The highest BCUT2D eigenvalue weighted by molar-refractivity contribution is 7.18.